The standard InChI is InChI=1S/C18H26ClNO6S/c1-4-24-18(25-5-2,26-6-3)20(16-11-12-27(22,23)13-16)17(21)14-7-9-15(19)10-8-14/h7-10,16H,4-6,11-13H2,1-3H3. The summed E-state index contributed by atoms with van der Waals surface area (Å²) in [6.07, 6.45) is -1.50. The number of carbonyl (C=O) groups is 1. The van der Waals surface area contributed by atoms with Crippen LogP contribution >= 0.6 is 11.6 Å². The topological polar surface area (TPSA) is 82.1 Å². The van der Waals surface area contributed by atoms with Gasteiger partial charge in [-0.3, -0.25) is 9.69 Å². The molecule has 1 atom stereocenters. The zero-order valence-electron chi connectivity index (χ0n) is 15.8. The molecule has 1 aromatic rings. The van der Waals surface area contributed by atoms with Gasteiger partial charge in [-0.2, -0.15) is 0 Å². The van der Waals surface area contributed by atoms with Crippen molar-refractivity contribution in [2.75, 3.05) is 31.3 Å². The van der Waals surface area contributed by atoms with E-state index in [1.165, 1.54) is 4.90 Å². The van der Waals surface area contributed by atoms with Gasteiger partial charge in [-0.1, -0.05) is 11.6 Å². The number of carbonyl (C=O) groups excluding carboxylic acids is 1. The molecule has 1 unspecified atom stereocenters. The molecule has 0 aliphatic carbocycles. The molecular formula is C18H26ClNO6S. The summed E-state index contributed by atoms with van der Waals surface area (Å²) < 4.78 is 41.4. The summed E-state index contributed by atoms with van der Waals surface area (Å²) in [5.74, 6) is -0.604. The maximum Gasteiger partial charge on any atom is 0.380 e. The number of amides is 1. The number of hydrogen-bond acceptors (Lipinski definition) is 6. The summed E-state index contributed by atoms with van der Waals surface area (Å²) in [5, 5.41) is 0.493. The molecule has 1 aliphatic rings. The molecule has 1 aromatic carbocycles. The maximum atomic E-state index is 13.4. The Hall–Kier alpha value is -1.19. The van der Waals surface area contributed by atoms with Gasteiger partial charge in [0.15, 0.2) is 9.84 Å². The molecule has 1 aliphatic heterocycles. The molecule has 0 saturated carbocycles. The number of hydrogen-bond donors (Lipinski definition) is 0. The first-order valence-corrected chi connectivity index (χ1v) is 11.2. The molecule has 7 nitrogen and oxygen atoms in total. The van der Waals surface area contributed by atoms with Crippen LogP contribution in [-0.4, -0.2) is 62.7 Å². The molecule has 0 bridgehead atoms. The summed E-state index contributed by atoms with van der Waals surface area (Å²) in [6, 6.07) is 5.73. The Morgan fingerprint density at radius 2 is 1.63 bits per heavy atom. The van der Waals surface area contributed by atoms with Gasteiger partial charge in [0.05, 0.1) is 37.4 Å². The lowest BCUT2D eigenvalue weighted by molar-refractivity contribution is -0.436. The Labute approximate surface area is 165 Å². The Morgan fingerprint density at radius 3 is 2.04 bits per heavy atom. The zero-order chi connectivity index (χ0) is 20.1. The summed E-state index contributed by atoms with van der Waals surface area (Å²) >= 11 is 5.92. The van der Waals surface area contributed by atoms with Gasteiger partial charge in [0.1, 0.15) is 0 Å². The number of rotatable bonds is 9. The highest BCUT2D eigenvalue weighted by molar-refractivity contribution is 7.91. The van der Waals surface area contributed by atoms with Gasteiger partial charge in [0.25, 0.3) is 5.91 Å². The minimum absolute atomic E-state index is 0.00250. The molecule has 1 heterocycles. The van der Waals surface area contributed by atoms with Crippen molar-refractivity contribution < 1.29 is 27.4 Å². The molecule has 0 radical (unpaired) electrons. The van der Waals surface area contributed by atoms with Crippen molar-refractivity contribution in [3.8, 4) is 0 Å². The maximum absolute atomic E-state index is 13.4. The van der Waals surface area contributed by atoms with Crippen LogP contribution in [-0.2, 0) is 24.0 Å². The lowest BCUT2D eigenvalue weighted by Crippen LogP contribution is -2.61. The number of ether oxygens (including phenoxy) is 3. The predicted molar refractivity (Wildman–Crippen MR) is 102 cm³/mol. The number of benzene rings is 1. The summed E-state index contributed by atoms with van der Waals surface area (Å²) in [4.78, 5) is 14.7. The van der Waals surface area contributed by atoms with Crippen molar-refractivity contribution in [1.29, 1.82) is 0 Å². The highest BCUT2D eigenvalue weighted by atomic mass is 35.5. The summed E-state index contributed by atoms with van der Waals surface area (Å²) in [7, 11) is -3.25. The van der Waals surface area contributed by atoms with Crippen LogP contribution in [0.25, 0.3) is 0 Å². The Morgan fingerprint density at radius 1 is 1.11 bits per heavy atom. The molecule has 0 spiro atoms. The van der Waals surface area contributed by atoms with E-state index in [0.29, 0.717) is 10.6 Å². The minimum Gasteiger partial charge on any atom is -0.309 e. The van der Waals surface area contributed by atoms with Crippen molar-refractivity contribution in [3.63, 3.8) is 0 Å². The van der Waals surface area contributed by atoms with Gasteiger partial charge in [-0.05, 0) is 51.5 Å². The van der Waals surface area contributed by atoms with Crippen molar-refractivity contribution in [2.45, 2.75) is 39.3 Å². The van der Waals surface area contributed by atoms with E-state index in [0.717, 1.165) is 0 Å². The second-order valence-corrected chi connectivity index (χ2v) is 8.73. The van der Waals surface area contributed by atoms with E-state index in [1.807, 2.05) is 0 Å². The number of halogens is 1. The smallest absolute Gasteiger partial charge is 0.309 e. The summed E-state index contributed by atoms with van der Waals surface area (Å²) in [6.45, 7) is 5.90. The summed E-state index contributed by atoms with van der Waals surface area (Å²) in [5.41, 5.74) is 0.340. The van der Waals surface area contributed by atoms with Crippen molar-refractivity contribution >= 4 is 27.3 Å². The van der Waals surface area contributed by atoms with Gasteiger partial charge in [0, 0.05) is 10.6 Å². The molecular weight excluding hydrogens is 394 g/mol. The predicted octanol–water partition coefficient (Wildman–Crippen LogP) is 2.69. The average Bonchev–Trinajstić information content (AvgIpc) is 2.95. The largest absolute Gasteiger partial charge is 0.380 e. The first-order valence-electron chi connectivity index (χ1n) is 9.00. The molecule has 2 rings (SSSR count). The fraction of sp³-hybridized carbons (Fsp3) is 0.611. The lowest BCUT2D eigenvalue weighted by atomic mass is 10.1. The van der Waals surface area contributed by atoms with Crippen LogP contribution in [0.2, 0.25) is 5.02 Å². The molecule has 27 heavy (non-hydrogen) atoms. The SMILES string of the molecule is CCOC(OCC)(OCC)N(C(=O)c1ccc(Cl)cc1)C1CCS(=O)(=O)C1. The van der Waals surface area contributed by atoms with Crippen molar-refractivity contribution in [3.05, 3.63) is 34.9 Å². The van der Waals surface area contributed by atoms with E-state index in [-0.39, 0.29) is 37.7 Å². The average molecular weight is 420 g/mol. The Balaban J connectivity index is 2.52. The van der Waals surface area contributed by atoms with Gasteiger partial charge >= 0.3 is 6.10 Å². The third-order valence-corrected chi connectivity index (χ3v) is 6.16. The quantitative estimate of drug-likeness (QED) is 0.572. The molecule has 1 saturated heterocycles. The number of sulfone groups is 1. The number of nitrogens with zero attached hydrogens (tertiary/aromatic N) is 1. The van der Waals surface area contributed by atoms with Gasteiger partial charge in [0.2, 0.25) is 0 Å². The van der Waals surface area contributed by atoms with Crippen LogP contribution in [0.5, 0.6) is 0 Å². The van der Waals surface area contributed by atoms with Crippen LogP contribution in [0.3, 0.4) is 0 Å². The molecule has 1 amide bonds. The van der Waals surface area contributed by atoms with Crippen molar-refractivity contribution in [2.24, 2.45) is 0 Å². The molecule has 9 heteroatoms. The highest BCUT2D eigenvalue weighted by Crippen LogP contribution is 2.31. The Kier molecular flexibility index (Phi) is 7.64. The van der Waals surface area contributed by atoms with Crippen LogP contribution in [0.4, 0.5) is 0 Å². The van der Waals surface area contributed by atoms with E-state index in [4.69, 9.17) is 25.8 Å². The molecule has 0 N–H and O–H groups in total. The molecule has 0 aromatic heterocycles. The van der Waals surface area contributed by atoms with Crippen LogP contribution < -0.4 is 0 Å². The second-order valence-electron chi connectivity index (χ2n) is 6.06. The minimum atomic E-state index is -3.25. The third kappa shape index (κ3) is 5.20. The van der Waals surface area contributed by atoms with E-state index in [1.54, 1.807) is 45.0 Å². The highest BCUT2D eigenvalue weighted by Gasteiger charge is 2.50. The van der Waals surface area contributed by atoms with Gasteiger partial charge < -0.3 is 14.2 Å². The molecule has 152 valence electrons. The fourth-order valence-corrected chi connectivity index (χ4v) is 4.93. The Bertz CT molecular complexity index is 720. The van der Waals surface area contributed by atoms with Crippen LogP contribution in [0.1, 0.15) is 37.6 Å². The van der Waals surface area contributed by atoms with Gasteiger partial charge in [-0.15, -0.1) is 0 Å². The van der Waals surface area contributed by atoms with Crippen molar-refractivity contribution in [1.82, 2.24) is 4.90 Å². The lowest BCUT2D eigenvalue weighted by Gasteiger charge is -2.43. The first-order chi connectivity index (χ1) is 12.8. The van der Waals surface area contributed by atoms with Crippen LogP contribution in [0.15, 0.2) is 24.3 Å². The van der Waals surface area contributed by atoms with Crippen LogP contribution in [0, 0.1) is 0 Å². The van der Waals surface area contributed by atoms with E-state index in [2.05, 4.69) is 0 Å². The second kappa shape index (κ2) is 9.34. The monoisotopic (exact) mass is 419 g/mol. The van der Waals surface area contributed by atoms with Gasteiger partial charge in [-0.25, -0.2) is 8.42 Å². The molecule has 1 fully saturated rings. The van der Waals surface area contributed by atoms with E-state index >= 15 is 0 Å². The van der Waals surface area contributed by atoms with E-state index in [9.17, 15) is 13.2 Å². The third-order valence-electron chi connectivity index (χ3n) is 4.16. The zero-order valence-corrected chi connectivity index (χ0v) is 17.4. The first kappa shape index (κ1) is 22.1. The normalized spacial score (nSPS) is 19.2. The van der Waals surface area contributed by atoms with E-state index < -0.39 is 27.9 Å². The fourth-order valence-electron chi connectivity index (χ4n) is 3.11.